The topological polar surface area (TPSA) is 32.3 Å². The minimum atomic E-state index is -4.37. The fourth-order valence-electron chi connectivity index (χ4n) is 2.67. The first kappa shape index (κ1) is 15.8. The van der Waals surface area contributed by atoms with Gasteiger partial charge in [0.15, 0.2) is 0 Å². The SMILES string of the molecule is CCN1CCC[C@@H]1CNC(=O)c1ccc(C(F)(F)F)cc1. The Morgan fingerprint density at radius 3 is 2.57 bits per heavy atom. The van der Waals surface area contributed by atoms with Gasteiger partial charge in [0.1, 0.15) is 0 Å². The molecule has 1 fully saturated rings. The van der Waals surface area contributed by atoms with E-state index in [1.165, 1.54) is 12.1 Å². The van der Waals surface area contributed by atoms with Crippen LogP contribution >= 0.6 is 0 Å². The van der Waals surface area contributed by atoms with Crippen LogP contribution in [-0.4, -0.2) is 36.5 Å². The number of carbonyl (C=O) groups is 1. The Labute approximate surface area is 122 Å². The van der Waals surface area contributed by atoms with Crippen LogP contribution in [-0.2, 0) is 6.18 Å². The van der Waals surface area contributed by atoms with Gasteiger partial charge in [0.2, 0.25) is 0 Å². The number of nitrogens with one attached hydrogen (secondary N) is 1. The molecular formula is C15H19F3N2O. The Kier molecular flexibility index (Phi) is 4.88. The second kappa shape index (κ2) is 6.47. The van der Waals surface area contributed by atoms with Crippen LogP contribution in [0.2, 0.25) is 0 Å². The van der Waals surface area contributed by atoms with Crippen molar-refractivity contribution in [2.24, 2.45) is 0 Å². The zero-order valence-corrected chi connectivity index (χ0v) is 11.9. The molecule has 0 aromatic heterocycles. The van der Waals surface area contributed by atoms with Gasteiger partial charge in [0.25, 0.3) is 5.91 Å². The molecule has 6 heteroatoms. The smallest absolute Gasteiger partial charge is 0.350 e. The third-order valence-electron chi connectivity index (χ3n) is 3.88. The van der Waals surface area contributed by atoms with Gasteiger partial charge in [0, 0.05) is 18.2 Å². The van der Waals surface area contributed by atoms with E-state index in [2.05, 4.69) is 17.1 Å². The lowest BCUT2D eigenvalue weighted by atomic mass is 10.1. The Bertz CT molecular complexity index is 485. The number of rotatable bonds is 4. The normalized spacial score (nSPS) is 19.7. The number of hydrogen-bond donors (Lipinski definition) is 1. The highest BCUT2D eigenvalue weighted by molar-refractivity contribution is 5.94. The summed E-state index contributed by atoms with van der Waals surface area (Å²) in [5.41, 5.74) is -0.490. The summed E-state index contributed by atoms with van der Waals surface area (Å²) < 4.78 is 37.3. The van der Waals surface area contributed by atoms with Crippen molar-refractivity contribution in [1.29, 1.82) is 0 Å². The third kappa shape index (κ3) is 3.97. The number of amides is 1. The lowest BCUT2D eigenvalue weighted by Gasteiger charge is -2.22. The monoisotopic (exact) mass is 300 g/mol. The Hall–Kier alpha value is -1.56. The van der Waals surface area contributed by atoms with Crippen LogP contribution in [0.15, 0.2) is 24.3 Å². The molecule has 0 radical (unpaired) electrons. The molecule has 0 spiro atoms. The van der Waals surface area contributed by atoms with Crippen molar-refractivity contribution in [2.75, 3.05) is 19.6 Å². The first-order chi connectivity index (χ1) is 9.91. The molecule has 1 aliphatic heterocycles. The summed E-state index contributed by atoms with van der Waals surface area (Å²) in [6.07, 6.45) is -2.21. The van der Waals surface area contributed by atoms with Crippen LogP contribution in [0, 0.1) is 0 Å². The van der Waals surface area contributed by atoms with Gasteiger partial charge >= 0.3 is 6.18 Å². The minimum Gasteiger partial charge on any atom is -0.350 e. The number of likely N-dealkylation sites (tertiary alicyclic amines) is 1. The Morgan fingerprint density at radius 2 is 2.00 bits per heavy atom. The van der Waals surface area contributed by atoms with Gasteiger partial charge in [-0.2, -0.15) is 13.2 Å². The van der Waals surface area contributed by atoms with Gasteiger partial charge in [-0.05, 0) is 50.2 Å². The second-order valence-electron chi connectivity index (χ2n) is 5.21. The van der Waals surface area contributed by atoms with Gasteiger partial charge < -0.3 is 5.32 Å². The summed E-state index contributed by atoms with van der Waals surface area (Å²) in [5, 5.41) is 2.80. The van der Waals surface area contributed by atoms with E-state index < -0.39 is 11.7 Å². The molecule has 2 rings (SSSR count). The fourth-order valence-corrected chi connectivity index (χ4v) is 2.67. The van der Waals surface area contributed by atoms with Crippen LogP contribution in [0.25, 0.3) is 0 Å². The number of likely N-dealkylation sites (N-methyl/N-ethyl adjacent to an activating group) is 1. The van der Waals surface area contributed by atoms with Crippen molar-refractivity contribution in [2.45, 2.75) is 32.0 Å². The minimum absolute atomic E-state index is 0.254. The maximum atomic E-state index is 12.4. The molecule has 1 N–H and O–H groups in total. The number of nitrogens with zero attached hydrogens (tertiary/aromatic N) is 1. The Balaban J connectivity index is 1.91. The molecule has 1 aromatic carbocycles. The van der Waals surface area contributed by atoms with Crippen molar-refractivity contribution < 1.29 is 18.0 Å². The van der Waals surface area contributed by atoms with E-state index in [0.29, 0.717) is 12.6 Å². The lowest BCUT2D eigenvalue weighted by Crippen LogP contribution is -2.40. The van der Waals surface area contributed by atoms with Crippen LogP contribution in [0.1, 0.15) is 35.7 Å². The largest absolute Gasteiger partial charge is 0.416 e. The molecule has 1 saturated heterocycles. The maximum absolute atomic E-state index is 12.4. The molecule has 0 saturated carbocycles. The molecule has 1 atom stereocenters. The summed E-state index contributed by atoms with van der Waals surface area (Å²) in [7, 11) is 0. The zero-order valence-electron chi connectivity index (χ0n) is 11.9. The second-order valence-corrected chi connectivity index (χ2v) is 5.21. The van der Waals surface area contributed by atoms with Gasteiger partial charge in [-0.15, -0.1) is 0 Å². The van der Waals surface area contributed by atoms with E-state index in [-0.39, 0.29) is 11.5 Å². The molecule has 0 unspecified atom stereocenters. The summed E-state index contributed by atoms with van der Waals surface area (Å²) in [4.78, 5) is 14.2. The Morgan fingerprint density at radius 1 is 1.33 bits per heavy atom. The van der Waals surface area contributed by atoms with E-state index >= 15 is 0 Å². The molecule has 1 aliphatic rings. The number of hydrogen-bond acceptors (Lipinski definition) is 2. The fraction of sp³-hybridized carbons (Fsp3) is 0.533. The van der Waals surface area contributed by atoms with Crippen molar-refractivity contribution in [3.8, 4) is 0 Å². The van der Waals surface area contributed by atoms with Crippen molar-refractivity contribution >= 4 is 5.91 Å². The predicted molar refractivity (Wildman–Crippen MR) is 74.0 cm³/mol. The first-order valence-electron chi connectivity index (χ1n) is 7.11. The molecule has 3 nitrogen and oxygen atoms in total. The van der Waals surface area contributed by atoms with E-state index in [4.69, 9.17) is 0 Å². The first-order valence-corrected chi connectivity index (χ1v) is 7.11. The van der Waals surface area contributed by atoms with Crippen LogP contribution < -0.4 is 5.32 Å². The van der Waals surface area contributed by atoms with Crippen LogP contribution in [0.4, 0.5) is 13.2 Å². The highest BCUT2D eigenvalue weighted by Gasteiger charge is 2.30. The average molecular weight is 300 g/mol. The van der Waals surface area contributed by atoms with Gasteiger partial charge in [-0.1, -0.05) is 6.92 Å². The zero-order chi connectivity index (χ0) is 15.5. The number of halogens is 3. The molecule has 0 bridgehead atoms. The highest BCUT2D eigenvalue weighted by atomic mass is 19.4. The molecule has 1 amide bonds. The molecule has 116 valence electrons. The maximum Gasteiger partial charge on any atom is 0.416 e. The molecule has 0 aliphatic carbocycles. The van der Waals surface area contributed by atoms with E-state index in [0.717, 1.165) is 38.1 Å². The summed E-state index contributed by atoms with van der Waals surface area (Å²) in [5.74, 6) is -0.327. The summed E-state index contributed by atoms with van der Waals surface area (Å²) in [6, 6.07) is 4.62. The van der Waals surface area contributed by atoms with Crippen LogP contribution in [0.3, 0.4) is 0 Å². The third-order valence-corrected chi connectivity index (χ3v) is 3.88. The summed E-state index contributed by atoms with van der Waals surface area (Å²) in [6.45, 7) is 4.60. The standard InChI is InChI=1S/C15H19F3N2O/c1-2-20-9-3-4-13(20)10-19-14(21)11-5-7-12(8-6-11)15(16,17)18/h5-8,13H,2-4,9-10H2,1H3,(H,19,21)/t13-/m1/s1. The van der Waals surface area contributed by atoms with E-state index in [1.54, 1.807) is 0 Å². The van der Waals surface area contributed by atoms with Gasteiger partial charge in [0.05, 0.1) is 5.56 Å². The van der Waals surface area contributed by atoms with Crippen molar-refractivity contribution in [1.82, 2.24) is 10.2 Å². The average Bonchev–Trinajstić information content (AvgIpc) is 2.91. The highest BCUT2D eigenvalue weighted by Crippen LogP contribution is 2.29. The van der Waals surface area contributed by atoms with E-state index in [9.17, 15) is 18.0 Å². The molecular weight excluding hydrogens is 281 g/mol. The predicted octanol–water partition coefficient (Wildman–Crippen LogP) is 2.92. The number of alkyl halides is 3. The van der Waals surface area contributed by atoms with Crippen LogP contribution in [0.5, 0.6) is 0 Å². The number of carbonyl (C=O) groups excluding carboxylic acids is 1. The molecule has 1 heterocycles. The lowest BCUT2D eigenvalue weighted by molar-refractivity contribution is -0.137. The van der Waals surface area contributed by atoms with Gasteiger partial charge in [-0.3, -0.25) is 9.69 Å². The molecule has 21 heavy (non-hydrogen) atoms. The van der Waals surface area contributed by atoms with E-state index in [1.807, 2.05) is 0 Å². The van der Waals surface area contributed by atoms with Gasteiger partial charge in [-0.25, -0.2) is 0 Å². The molecule has 1 aromatic rings. The van der Waals surface area contributed by atoms with Crippen molar-refractivity contribution in [3.05, 3.63) is 35.4 Å². The number of benzene rings is 1. The summed E-state index contributed by atoms with van der Waals surface area (Å²) >= 11 is 0. The quantitative estimate of drug-likeness (QED) is 0.927. The van der Waals surface area contributed by atoms with Crippen molar-refractivity contribution in [3.63, 3.8) is 0 Å².